The Balaban J connectivity index is 1.14. The Morgan fingerprint density at radius 3 is 2.14 bits per heavy atom. The molecule has 12 nitrogen and oxygen atoms in total. The molecule has 4 aromatic rings. The fourth-order valence-electron chi connectivity index (χ4n) is 7.03. The van der Waals surface area contributed by atoms with Crippen molar-refractivity contribution in [2.45, 2.75) is 58.7 Å². The Kier molecular flexibility index (Phi) is 11.0. The number of amides is 2. The number of carbonyl (C=O) groups excluding carboxylic acids is 3. The number of piperidine rings is 1. The van der Waals surface area contributed by atoms with E-state index < -0.39 is 0 Å². The van der Waals surface area contributed by atoms with Crippen LogP contribution in [0.4, 0.5) is 11.4 Å². The quantitative estimate of drug-likeness (QED) is 0.129. The summed E-state index contributed by atoms with van der Waals surface area (Å²) in [5.41, 5.74) is 7.66. The van der Waals surface area contributed by atoms with Crippen LogP contribution in [0.1, 0.15) is 75.1 Å². The number of aryl methyl sites for hydroxylation is 1. The molecular weight excluding hydrogens is 634 g/mol. The lowest BCUT2D eigenvalue weighted by Crippen LogP contribution is -2.40. The number of likely N-dealkylation sites (tertiary alicyclic amines) is 1. The molecule has 2 amide bonds. The highest BCUT2D eigenvalue weighted by atomic mass is 16.5. The van der Waals surface area contributed by atoms with Crippen LogP contribution in [-0.2, 0) is 22.6 Å². The fourth-order valence-corrected chi connectivity index (χ4v) is 7.03. The zero-order valence-corrected chi connectivity index (χ0v) is 28.9. The lowest BCUT2D eigenvalue weighted by atomic mass is 9.93. The Hall–Kier alpha value is -4.91. The summed E-state index contributed by atoms with van der Waals surface area (Å²) < 4.78 is 6.92. The number of hydrogen-bond acceptors (Lipinski definition) is 9. The van der Waals surface area contributed by atoms with Gasteiger partial charge in [0.25, 0.3) is 11.8 Å². The number of rotatable bonds is 11. The second kappa shape index (κ2) is 15.8. The highest BCUT2D eigenvalue weighted by Gasteiger charge is 2.33. The van der Waals surface area contributed by atoms with Crippen LogP contribution in [0, 0.1) is 19.8 Å². The van der Waals surface area contributed by atoms with Crippen LogP contribution in [0.5, 0.6) is 0 Å². The predicted molar refractivity (Wildman–Crippen MR) is 191 cm³/mol. The first-order valence-electron chi connectivity index (χ1n) is 17.3. The first-order valence-corrected chi connectivity index (χ1v) is 17.3. The molecule has 1 unspecified atom stereocenters. The van der Waals surface area contributed by atoms with Gasteiger partial charge in [-0.05, 0) is 105 Å². The van der Waals surface area contributed by atoms with E-state index in [9.17, 15) is 14.4 Å². The standard InChI is InChI=1S/C38H45N7O5/c1-24-28(7-4-9-30(24)41-36(47)32-13-12-26(23-40-32)22-39-16-20-46)29-8-5-10-31(25(29)2)42-37(48)33-21-35-34(11-6-17-45(35)43-33)44-18-14-27(15-19-44)38(49)50-3/h4-5,7-10,12-13,21,23,27,34,39,46H,6,11,14-20,22H2,1-3H3,(H,41,47)(H,42,48). The van der Waals surface area contributed by atoms with Gasteiger partial charge in [0.15, 0.2) is 5.69 Å². The lowest BCUT2D eigenvalue weighted by molar-refractivity contribution is -0.147. The third-order valence-corrected chi connectivity index (χ3v) is 9.87. The van der Waals surface area contributed by atoms with Crippen molar-refractivity contribution in [1.82, 2.24) is 25.0 Å². The summed E-state index contributed by atoms with van der Waals surface area (Å²) >= 11 is 0. The zero-order valence-electron chi connectivity index (χ0n) is 28.9. The fraction of sp³-hybridized carbons (Fsp3) is 0.395. The maximum Gasteiger partial charge on any atom is 0.308 e. The number of aliphatic hydroxyl groups is 1. The monoisotopic (exact) mass is 679 g/mol. The molecule has 2 aliphatic rings. The van der Waals surface area contributed by atoms with Crippen molar-refractivity contribution >= 4 is 29.2 Å². The van der Waals surface area contributed by atoms with Crippen LogP contribution in [0.2, 0.25) is 0 Å². The van der Waals surface area contributed by atoms with E-state index in [0.29, 0.717) is 35.9 Å². The summed E-state index contributed by atoms with van der Waals surface area (Å²) in [6, 6.07) is 17.2. The number of aliphatic hydroxyl groups excluding tert-OH is 1. The summed E-state index contributed by atoms with van der Waals surface area (Å²) in [5.74, 6) is -0.766. The molecule has 6 rings (SSSR count). The minimum Gasteiger partial charge on any atom is -0.469 e. The largest absolute Gasteiger partial charge is 0.469 e. The van der Waals surface area contributed by atoms with Gasteiger partial charge in [0, 0.05) is 37.2 Å². The average Bonchev–Trinajstić information content (AvgIpc) is 3.59. The van der Waals surface area contributed by atoms with Gasteiger partial charge < -0.3 is 25.8 Å². The summed E-state index contributed by atoms with van der Waals surface area (Å²) in [5, 5.41) is 22.9. The maximum absolute atomic E-state index is 13.6. The van der Waals surface area contributed by atoms with Crippen molar-refractivity contribution in [3.8, 4) is 11.1 Å². The summed E-state index contributed by atoms with van der Waals surface area (Å²) in [7, 11) is 1.45. The second-order valence-corrected chi connectivity index (χ2v) is 13.0. The molecule has 12 heteroatoms. The van der Waals surface area contributed by atoms with E-state index in [1.807, 2.05) is 67.1 Å². The SMILES string of the molecule is COC(=O)C1CCN(C2CCCn3nc(C(=O)Nc4cccc(-c5cccc(NC(=O)c6ccc(CNCCO)cn6)c5C)c4C)cc32)CC1. The first-order chi connectivity index (χ1) is 24.3. The number of carbonyl (C=O) groups is 3. The predicted octanol–water partition coefficient (Wildman–Crippen LogP) is 4.87. The van der Waals surface area contributed by atoms with E-state index in [0.717, 1.165) is 78.8 Å². The van der Waals surface area contributed by atoms with Gasteiger partial charge in [-0.2, -0.15) is 5.10 Å². The molecule has 4 heterocycles. The third-order valence-electron chi connectivity index (χ3n) is 9.87. The van der Waals surface area contributed by atoms with Crippen molar-refractivity contribution < 1.29 is 24.2 Å². The number of nitrogens with zero attached hydrogens (tertiary/aromatic N) is 4. The first kappa shape index (κ1) is 34.9. The average molecular weight is 680 g/mol. The van der Waals surface area contributed by atoms with Crippen LogP contribution < -0.4 is 16.0 Å². The van der Waals surface area contributed by atoms with E-state index >= 15 is 0 Å². The van der Waals surface area contributed by atoms with Crippen LogP contribution in [0.15, 0.2) is 60.8 Å². The molecule has 0 radical (unpaired) electrons. The number of esters is 1. The van der Waals surface area contributed by atoms with Gasteiger partial charge in [-0.15, -0.1) is 0 Å². The van der Waals surface area contributed by atoms with Crippen LogP contribution in [0.25, 0.3) is 11.1 Å². The van der Waals surface area contributed by atoms with Gasteiger partial charge in [-0.1, -0.05) is 30.3 Å². The Labute approximate surface area is 292 Å². The number of pyridine rings is 1. The van der Waals surface area contributed by atoms with E-state index in [1.54, 1.807) is 12.3 Å². The number of aromatic nitrogens is 3. The lowest BCUT2D eigenvalue weighted by Gasteiger charge is -2.38. The molecule has 1 atom stereocenters. The maximum atomic E-state index is 13.6. The number of nitrogens with one attached hydrogen (secondary N) is 3. The Bertz CT molecular complexity index is 1850. The van der Waals surface area contributed by atoms with E-state index in [1.165, 1.54) is 7.11 Å². The highest BCUT2D eigenvalue weighted by molar-refractivity contribution is 6.05. The summed E-state index contributed by atoms with van der Waals surface area (Å²) in [6.45, 7) is 7.42. The highest BCUT2D eigenvalue weighted by Crippen LogP contribution is 2.36. The number of benzene rings is 2. The molecule has 2 aromatic carbocycles. The van der Waals surface area contributed by atoms with Gasteiger partial charge in [-0.3, -0.25) is 28.9 Å². The molecule has 50 heavy (non-hydrogen) atoms. The van der Waals surface area contributed by atoms with E-state index in [4.69, 9.17) is 14.9 Å². The Morgan fingerprint density at radius 2 is 1.54 bits per heavy atom. The molecule has 0 saturated carbocycles. The second-order valence-electron chi connectivity index (χ2n) is 13.0. The van der Waals surface area contributed by atoms with Crippen molar-refractivity contribution in [2.24, 2.45) is 5.92 Å². The van der Waals surface area contributed by atoms with Gasteiger partial charge in [0.1, 0.15) is 5.69 Å². The molecule has 262 valence electrons. The summed E-state index contributed by atoms with van der Waals surface area (Å²) in [6.07, 6.45) is 5.16. The van der Waals surface area contributed by atoms with Crippen molar-refractivity contribution in [2.75, 3.05) is 44.0 Å². The smallest absolute Gasteiger partial charge is 0.308 e. The minimum absolute atomic E-state index is 0.0533. The van der Waals surface area contributed by atoms with Crippen molar-refractivity contribution in [1.29, 1.82) is 0 Å². The topological polar surface area (TPSA) is 151 Å². The molecule has 1 fully saturated rings. The van der Waals surface area contributed by atoms with E-state index in [-0.39, 0.29) is 36.4 Å². The number of methoxy groups -OCH3 is 1. The molecule has 0 bridgehead atoms. The number of fused-ring (bicyclic) bond motifs is 1. The Morgan fingerprint density at radius 1 is 0.880 bits per heavy atom. The zero-order chi connectivity index (χ0) is 35.2. The van der Waals surface area contributed by atoms with Crippen molar-refractivity contribution in [3.63, 3.8) is 0 Å². The van der Waals surface area contributed by atoms with Gasteiger partial charge in [-0.25, -0.2) is 0 Å². The molecule has 0 aliphatic carbocycles. The molecule has 2 aliphatic heterocycles. The van der Waals surface area contributed by atoms with Gasteiger partial charge in [0.2, 0.25) is 0 Å². The van der Waals surface area contributed by atoms with Crippen LogP contribution in [-0.4, -0.2) is 75.9 Å². The minimum atomic E-state index is -0.312. The third kappa shape index (κ3) is 7.62. The van der Waals surface area contributed by atoms with E-state index in [2.05, 4.69) is 25.8 Å². The number of hydrogen-bond donors (Lipinski definition) is 4. The van der Waals surface area contributed by atoms with Crippen LogP contribution >= 0.6 is 0 Å². The summed E-state index contributed by atoms with van der Waals surface area (Å²) in [4.78, 5) is 45.5. The molecule has 1 saturated heterocycles. The number of ether oxygens (including phenoxy) is 1. The van der Waals surface area contributed by atoms with Gasteiger partial charge >= 0.3 is 5.97 Å². The normalized spacial score (nSPS) is 16.4. The van der Waals surface area contributed by atoms with Crippen LogP contribution in [0.3, 0.4) is 0 Å². The van der Waals surface area contributed by atoms with Crippen molar-refractivity contribution in [3.05, 3.63) is 94.6 Å². The van der Waals surface area contributed by atoms with Gasteiger partial charge in [0.05, 0.1) is 31.4 Å². The molecular formula is C38H45N7O5. The number of anilines is 2. The molecule has 2 aromatic heterocycles. The molecule has 4 N–H and O–H groups in total. The molecule has 0 spiro atoms.